The molecule has 0 fully saturated rings. The van der Waals surface area contributed by atoms with Crippen LogP contribution < -0.4 is 5.19 Å². The third-order valence-electron chi connectivity index (χ3n) is 5.30. The molecule has 324 valence electrons. The topological polar surface area (TPSA) is 83.1 Å². The van der Waals surface area contributed by atoms with E-state index in [4.69, 9.17) is 37.0 Å². The predicted molar refractivity (Wildman–Crippen MR) is 264 cm³/mol. The molecular formula is C33H98O9Si10. The molecule has 0 saturated carbocycles. The molecule has 0 aromatic heterocycles. The molecule has 0 atom stereocenters. The highest BCUT2D eigenvalue weighted by atomic mass is 28.5. The van der Waals surface area contributed by atoms with Gasteiger partial charge in [0.25, 0.3) is 0 Å². The molecule has 0 heterocycles. The molecule has 0 unspecified atom stereocenters. The number of hydrogen-bond acceptors (Lipinski definition) is 9. The van der Waals surface area contributed by atoms with Gasteiger partial charge in [-0.25, -0.2) is 0 Å². The minimum Gasteiger partial charge on any atom is -0.440 e. The molecule has 0 aliphatic heterocycles. The largest absolute Gasteiger partial charge is 0.510 e. The van der Waals surface area contributed by atoms with Gasteiger partial charge in [-0.1, -0.05) is 97.2 Å². The first kappa shape index (κ1) is 74.1. The molecule has 52 heavy (non-hydrogen) atoms. The maximum atomic E-state index is 7.25. The Morgan fingerprint density at radius 2 is 0.538 bits per heavy atom. The lowest BCUT2D eigenvalue weighted by Gasteiger charge is -2.47. The summed E-state index contributed by atoms with van der Waals surface area (Å²) in [4.78, 5) is 0. The maximum Gasteiger partial charge on any atom is 0.510 e. The van der Waals surface area contributed by atoms with E-state index in [0.717, 1.165) is 5.19 Å². The van der Waals surface area contributed by atoms with Crippen molar-refractivity contribution < 1.29 is 37.0 Å². The summed E-state index contributed by atoms with van der Waals surface area (Å²) in [5.74, 6) is 0. The maximum absolute atomic E-state index is 7.25. The Morgan fingerprint density at radius 1 is 0.327 bits per heavy atom. The summed E-state index contributed by atoms with van der Waals surface area (Å²) >= 11 is 0. The molecule has 1 rings (SSSR count). The van der Waals surface area contributed by atoms with Crippen molar-refractivity contribution in [1.82, 2.24) is 0 Å². The zero-order valence-electron chi connectivity index (χ0n) is 30.3. The van der Waals surface area contributed by atoms with Crippen LogP contribution in [0.25, 0.3) is 0 Å². The quantitative estimate of drug-likeness (QED) is 0.126. The van der Waals surface area contributed by atoms with Crippen LogP contribution in [0, 0.1) is 0 Å². The fraction of sp³-hybridized carbons (Fsp3) is 0.818. The second-order valence-corrected chi connectivity index (χ2v) is 46.9. The Bertz CT molecular complexity index is 907. The Labute approximate surface area is 342 Å². The summed E-state index contributed by atoms with van der Waals surface area (Å²) in [6.07, 6.45) is 0. The summed E-state index contributed by atoms with van der Waals surface area (Å²) in [6, 6.07) is 10.1. The fourth-order valence-corrected chi connectivity index (χ4v) is 48.2. The van der Waals surface area contributed by atoms with Crippen LogP contribution in [0.3, 0.4) is 0 Å². The van der Waals surface area contributed by atoms with Gasteiger partial charge >= 0.3 is 60.2 Å². The van der Waals surface area contributed by atoms with E-state index in [1.807, 2.05) is 30.3 Å². The van der Waals surface area contributed by atoms with Gasteiger partial charge < -0.3 is 37.0 Å². The Hall–Kier alpha value is 1.03. The van der Waals surface area contributed by atoms with Crippen LogP contribution in [0.2, 0.25) is 118 Å². The van der Waals surface area contributed by atoms with Crippen molar-refractivity contribution >= 4 is 92.5 Å². The predicted octanol–water partition coefficient (Wildman–Crippen LogP) is 11.9. The lowest BCUT2D eigenvalue weighted by molar-refractivity contribution is 0.195. The zero-order valence-corrected chi connectivity index (χ0v) is 40.8. The molecule has 0 aliphatic rings. The average molecular weight is 920 g/mol. The van der Waals surface area contributed by atoms with E-state index in [1.54, 1.807) is 0 Å². The van der Waals surface area contributed by atoms with Crippen molar-refractivity contribution in [2.75, 3.05) is 0 Å². The van der Waals surface area contributed by atoms with Crippen LogP contribution in [-0.2, 0) is 37.0 Å². The van der Waals surface area contributed by atoms with E-state index < -0.39 is 87.3 Å². The molecule has 0 spiro atoms. The normalized spacial score (nSPS) is 12.2. The van der Waals surface area contributed by atoms with Crippen LogP contribution in [-0.4, -0.2) is 87.3 Å². The highest BCUT2D eigenvalue weighted by Gasteiger charge is 2.58. The molecule has 1 aromatic carbocycles. The van der Waals surface area contributed by atoms with Crippen molar-refractivity contribution in [3.63, 3.8) is 0 Å². The molecule has 0 saturated heterocycles. The van der Waals surface area contributed by atoms with Crippen molar-refractivity contribution in [3.05, 3.63) is 30.3 Å². The van der Waals surface area contributed by atoms with Gasteiger partial charge in [0.2, 0.25) is 0 Å². The van der Waals surface area contributed by atoms with Crippen molar-refractivity contribution in [3.8, 4) is 0 Å². The molecule has 0 bridgehead atoms. The van der Waals surface area contributed by atoms with Gasteiger partial charge in [0, 0.05) is 5.19 Å². The second kappa shape index (κ2) is 28.4. The van der Waals surface area contributed by atoms with Gasteiger partial charge in [-0.3, -0.25) is 0 Å². The highest BCUT2D eigenvalue weighted by Crippen LogP contribution is 2.31. The van der Waals surface area contributed by atoms with E-state index in [0.29, 0.717) is 0 Å². The highest BCUT2D eigenvalue weighted by molar-refractivity contribution is 6.97. The smallest absolute Gasteiger partial charge is 0.440 e. The second-order valence-electron chi connectivity index (χ2n) is 14.4. The van der Waals surface area contributed by atoms with Crippen LogP contribution in [0.1, 0.15) is 66.8 Å². The van der Waals surface area contributed by atoms with Crippen molar-refractivity contribution in [2.24, 2.45) is 0 Å². The molecule has 0 N–H and O–H groups in total. The first-order valence-corrected chi connectivity index (χ1v) is 42.4. The standard InChI is InChI=1S/C24H62O9Si10.9CH4/c1-34(2)25-37(7,8)28-40(13,14)31-43(24-22-20-19-21-23-24,32-41(15,16)29-38(9,10)26-35(3)4)33-42(17,18)30-39(11,12)27-36(5)6;;;;;;;;;/h19-23,34-36H,1-18H3;9*1H4. The fourth-order valence-electron chi connectivity index (χ4n) is 5.47. The van der Waals surface area contributed by atoms with Gasteiger partial charge in [0.1, 0.15) is 0 Å². The number of rotatable bonds is 19. The Kier molecular flexibility index (Phi) is 40.5. The summed E-state index contributed by atoms with van der Waals surface area (Å²) in [7, 11) is -23.9. The van der Waals surface area contributed by atoms with Crippen LogP contribution in [0.15, 0.2) is 30.3 Å². The van der Waals surface area contributed by atoms with Crippen LogP contribution in [0.4, 0.5) is 0 Å². The minimum absolute atomic E-state index is 0. The monoisotopic (exact) mass is 918 g/mol. The molecule has 19 heteroatoms. The van der Waals surface area contributed by atoms with Gasteiger partial charge in [-0.05, 0) is 118 Å². The van der Waals surface area contributed by atoms with Crippen molar-refractivity contribution in [1.29, 1.82) is 0 Å². The van der Waals surface area contributed by atoms with E-state index in [-0.39, 0.29) is 66.8 Å². The van der Waals surface area contributed by atoms with Crippen LogP contribution in [0.5, 0.6) is 0 Å². The molecule has 9 nitrogen and oxygen atoms in total. The van der Waals surface area contributed by atoms with Gasteiger partial charge in [0.05, 0.1) is 0 Å². The van der Waals surface area contributed by atoms with Gasteiger partial charge in [-0.15, -0.1) is 0 Å². The first-order chi connectivity index (χ1) is 19.1. The Balaban J connectivity index is -0.000000293. The molecule has 0 aliphatic carbocycles. The third-order valence-corrected chi connectivity index (χ3v) is 39.7. The lowest BCUT2D eigenvalue weighted by Crippen LogP contribution is -2.71. The molecule has 1 aromatic rings. The molecular weight excluding hydrogens is 821 g/mol. The molecule has 0 radical (unpaired) electrons. The van der Waals surface area contributed by atoms with E-state index in [9.17, 15) is 0 Å². The van der Waals surface area contributed by atoms with Crippen molar-refractivity contribution in [2.45, 2.75) is 185 Å². The van der Waals surface area contributed by atoms with E-state index in [1.165, 1.54) is 0 Å². The summed E-state index contributed by atoms with van der Waals surface area (Å²) in [5.41, 5.74) is 0. The zero-order chi connectivity index (χ0) is 33.7. The first-order valence-electron chi connectivity index (χ1n) is 15.4. The number of benzene rings is 1. The van der Waals surface area contributed by atoms with Gasteiger partial charge in [-0.2, -0.15) is 0 Å². The van der Waals surface area contributed by atoms with E-state index in [2.05, 4.69) is 118 Å². The third kappa shape index (κ3) is 29.3. The lowest BCUT2D eigenvalue weighted by atomic mass is 10.4. The summed E-state index contributed by atoms with van der Waals surface area (Å²) in [6.45, 7) is 38.0. The number of hydrogen-bond donors (Lipinski definition) is 0. The van der Waals surface area contributed by atoms with Gasteiger partial charge in [0.15, 0.2) is 27.1 Å². The molecule has 0 amide bonds. The van der Waals surface area contributed by atoms with E-state index >= 15 is 0 Å². The summed E-state index contributed by atoms with van der Waals surface area (Å²) in [5, 5.41) is 0.864. The SMILES string of the molecule is C.C.C.C.C.C.C.C.C.C[SiH](C)O[Si](C)(C)O[Si](C)(C)O[Si](O[Si](C)(C)O[Si](C)(C)O[SiH](C)C)(O[Si](C)(C)O[Si](C)(C)O[SiH](C)C)c1ccccc1. The Morgan fingerprint density at radius 3 is 0.731 bits per heavy atom. The minimum atomic E-state index is -3.75. The van der Waals surface area contributed by atoms with Crippen LogP contribution >= 0.6 is 0 Å². The summed E-state index contributed by atoms with van der Waals surface area (Å²) < 4.78 is 61.4. The average Bonchev–Trinajstić information content (AvgIpc) is 2.66.